The molecule has 174 valence electrons. The number of amides is 1. The Bertz CT molecular complexity index is 1410. The van der Waals surface area contributed by atoms with Gasteiger partial charge in [0.1, 0.15) is 5.39 Å². The number of carbonyl (C=O) groups is 1. The topological polar surface area (TPSA) is 73.0 Å². The number of para-hydroxylation sites is 1. The van der Waals surface area contributed by atoms with Gasteiger partial charge in [-0.25, -0.2) is 9.67 Å². The van der Waals surface area contributed by atoms with Gasteiger partial charge in [-0.05, 0) is 38.0 Å². The number of hydrogen-bond donors (Lipinski definition) is 0. The second-order valence-electron chi connectivity index (χ2n) is 8.92. The van der Waals surface area contributed by atoms with Crippen LogP contribution in [0.15, 0.2) is 70.7 Å². The third-order valence-corrected chi connectivity index (χ3v) is 7.36. The molecule has 7 nitrogen and oxygen atoms in total. The zero-order valence-corrected chi connectivity index (χ0v) is 20.3. The fourth-order valence-corrected chi connectivity index (χ4v) is 5.55. The summed E-state index contributed by atoms with van der Waals surface area (Å²) in [4.78, 5) is 33.5. The summed E-state index contributed by atoms with van der Waals surface area (Å²) in [6, 6.07) is 17.7. The minimum atomic E-state index is -0.226. The standard InChI is InChI=1S/C26H27N5O2S/c1-17(2)29(15-19-10-5-4-6-11-19)23(32)13-20-16-34-26-28-24-21(25(33)30(20)26)14-27-31(24)22-12-8-7-9-18(22)3/h4-12,14,17,20H,13,15-16H2,1-3H3. The largest absolute Gasteiger partial charge is 0.336 e. The van der Waals surface area contributed by atoms with Crippen LogP contribution in [0.3, 0.4) is 0 Å². The Balaban J connectivity index is 1.45. The number of aryl methyl sites for hydroxylation is 1. The third-order valence-electron chi connectivity index (χ3n) is 6.26. The molecule has 1 atom stereocenters. The molecule has 8 heteroatoms. The van der Waals surface area contributed by atoms with Crippen molar-refractivity contribution >= 4 is 28.7 Å². The van der Waals surface area contributed by atoms with Crippen LogP contribution in [0.4, 0.5) is 0 Å². The van der Waals surface area contributed by atoms with Crippen LogP contribution in [0.2, 0.25) is 0 Å². The summed E-state index contributed by atoms with van der Waals surface area (Å²) in [6.07, 6.45) is 1.85. The smallest absolute Gasteiger partial charge is 0.265 e. The normalized spacial score (nSPS) is 15.1. The van der Waals surface area contributed by atoms with Gasteiger partial charge >= 0.3 is 0 Å². The number of benzene rings is 2. The first kappa shape index (κ1) is 22.4. The van der Waals surface area contributed by atoms with Gasteiger partial charge in [-0.1, -0.05) is 60.3 Å². The Hall–Kier alpha value is -3.39. The average Bonchev–Trinajstić information content (AvgIpc) is 3.43. The summed E-state index contributed by atoms with van der Waals surface area (Å²) >= 11 is 1.52. The molecule has 2 aromatic heterocycles. The molecule has 3 heterocycles. The van der Waals surface area contributed by atoms with Crippen molar-refractivity contribution < 1.29 is 4.79 Å². The van der Waals surface area contributed by atoms with Crippen molar-refractivity contribution in [2.75, 3.05) is 5.75 Å². The first-order valence-corrected chi connectivity index (χ1v) is 12.4. The Labute approximate surface area is 202 Å². The molecular formula is C26H27N5O2S. The lowest BCUT2D eigenvalue weighted by Crippen LogP contribution is -2.38. The molecule has 2 aromatic carbocycles. The van der Waals surface area contributed by atoms with Gasteiger partial charge in [-0.3, -0.25) is 14.2 Å². The Morgan fingerprint density at radius 2 is 1.88 bits per heavy atom. The average molecular weight is 474 g/mol. The van der Waals surface area contributed by atoms with Crippen LogP contribution in [-0.4, -0.2) is 41.9 Å². The monoisotopic (exact) mass is 473 g/mol. The lowest BCUT2D eigenvalue weighted by atomic mass is 10.1. The zero-order valence-electron chi connectivity index (χ0n) is 19.5. The van der Waals surface area contributed by atoms with Gasteiger partial charge in [-0.2, -0.15) is 5.10 Å². The molecule has 0 aliphatic carbocycles. The summed E-state index contributed by atoms with van der Waals surface area (Å²) in [6.45, 7) is 6.61. The second kappa shape index (κ2) is 9.10. The molecule has 1 aliphatic heterocycles. The first-order chi connectivity index (χ1) is 16.4. The maximum Gasteiger partial charge on any atom is 0.265 e. The summed E-state index contributed by atoms with van der Waals surface area (Å²) in [7, 11) is 0. The van der Waals surface area contributed by atoms with Gasteiger partial charge in [0.15, 0.2) is 10.8 Å². The summed E-state index contributed by atoms with van der Waals surface area (Å²) in [5.41, 5.74) is 3.46. The van der Waals surface area contributed by atoms with Crippen LogP contribution in [0.5, 0.6) is 0 Å². The highest BCUT2D eigenvalue weighted by Crippen LogP contribution is 2.34. The third kappa shape index (κ3) is 4.03. The quantitative estimate of drug-likeness (QED) is 0.389. The Kier molecular flexibility index (Phi) is 6.00. The second-order valence-corrected chi connectivity index (χ2v) is 9.91. The van der Waals surface area contributed by atoms with Crippen LogP contribution in [0, 0.1) is 6.92 Å². The lowest BCUT2D eigenvalue weighted by Gasteiger charge is -2.28. The van der Waals surface area contributed by atoms with E-state index in [1.165, 1.54) is 11.8 Å². The molecule has 34 heavy (non-hydrogen) atoms. The van der Waals surface area contributed by atoms with E-state index in [4.69, 9.17) is 4.98 Å². The van der Waals surface area contributed by atoms with Gasteiger partial charge in [-0.15, -0.1) is 0 Å². The zero-order chi connectivity index (χ0) is 23.8. The van der Waals surface area contributed by atoms with Gasteiger partial charge in [0.25, 0.3) is 5.56 Å². The van der Waals surface area contributed by atoms with Crippen molar-refractivity contribution in [2.45, 2.75) is 51.0 Å². The highest BCUT2D eigenvalue weighted by molar-refractivity contribution is 7.99. The van der Waals surface area contributed by atoms with Crippen LogP contribution in [0.25, 0.3) is 16.7 Å². The fourth-order valence-electron chi connectivity index (χ4n) is 4.42. The van der Waals surface area contributed by atoms with Crippen LogP contribution >= 0.6 is 11.8 Å². The van der Waals surface area contributed by atoms with Crippen LogP contribution in [0.1, 0.15) is 37.4 Å². The predicted octanol–water partition coefficient (Wildman–Crippen LogP) is 4.36. The summed E-state index contributed by atoms with van der Waals surface area (Å²) in [5, 5.41) is 5.58. The Morgan fingerprint density at radius 3 is 2.62 bits per heavy atom. The highest BCUT2D eigenvalue weighted by atomic mass is 32.2. The van der Waals surface area contributed by atoms with Gasteiger partial charge < -0.3 is 4.90 Å². The van der Waals surface area contributed by atoms with E-state index in [1.807, 2.05) is 80.3 Å². The van der Waals surface area contributed by atoms with Crippen molar-refractivity contribution in [1.82, 2.24) is 24.2 Å². The number of thioether (sulfide) groups is 1. The molecule has 0 spiro atoms. The molecule has 1 amide bonds. The van der Waals surface area contributed by atoms with Crippen molar-refractivity contribution in [3.8, 4) is 5.69 Å². The van der Waals surface area contributed by atoms with Crippen LogP contribution < -0.4 is 5.56 Å². The predicted molar refractivity (Wildman–Crippen MR) is 134 cm³/mol. The molecule has 1 aliphatic rings. The summed E-state index contributed by atoms with van der Waals surface area (Å²) in [5.74, 6) is 0.690. The maximum atomic E-state index is 13.5. The molecule has 4 aromatic rings. The van der Waals surface area contributed by atoms with Crippen molar-refractivity contribution in [3.05, 3.63) is 82.3 Å². The molecule has 0 radical (unpaired) electrons. The first-order valence-electron chi connectivity index (χ1n) is 11.5. The van der Waals surface area contributed by atoms with E-state index in [9.17, 15) is 9.59 Å². The number of nitrogens with zero attached hydrogens (tertiary/aromatic N) is 5. The lowest BCUT2D eigenvalue weighted by molar-refractivity contribution is -0.134. The van der Waals surface area contributed by atoms with Gasteiger partial charge in [0.2, 0.25) is 5.91 Å². The van der Waals surface area contributed by atoms with Crippen LogP contribution in [-0.2, 0) is 11.3 Å². The molecule has 0 N–H and O–H groups in total. The minimum absolute atomic E-state index is 0.0416. The Morgan fingerprint density at radius 1 is 1.15 bits per heavy atom. The van der Waals surface area contributed by atoms with E-state index < -0.39 is 0 Å². The molecule has 5 rings (SSSR count). The van der Waals surface area contributed by atoms with E-state index in [2.05, 4.69) is 5.10 Å². The van der Waals surface area contributed by atoms with E-state index in [0.29, 0.717) is 28.5 Å². The number of aromatic nitrogens is 4. The SMILES string of the molecule is Cc1ccccc1-n1ncc2c(=O)n3c(nc21)SCC3CC(=O)N(Cc1ccccc1)C(C)C. The molecule has 0 bridgehead atoms. The number of carbonyl (C=O) groups excluding carboxylic acids is 1. The van der Waals surface area contributed by atoms with E-state index in [1.54, 1.807) is 15.4 Å². The fraction of sp³-hybridized carbons (Fsp3) is 0.308. The summed E-state index contributed by atoms with van der Waals surface area (Å²) < 4.78 is 3.42. The van der Waals surface area contributed by atoms with Gasteiger partial charge in [0, 0.05) is 24.8 Å². The molecule has 0 saturated carbocycles. The number of hydrogen-bond acceptors (Lipinski definition) is 5. The minimum Gasteiger partial charge on any atom is -0.336 e. The highest BCUT2D eigenvalue weighted by Gasteiger charge is 2.31. The molecule has 0 fully saturated rings. The van der Waals surface area contributed by atoms with Crippen molar-refractivity contribution in [2.24, 2.45) is 0 Å². The number of rotatable bonds is 6. The van der Waals surface area contributed by atoms with E-state index in [0.717, 1.165) is 16.8 Å². The van der Waals surface area contributed by atoms with E-state index >= 15 is 0 Å². The number of fused-ring (bicyclic) bond motifs is 2. The molecule has 0 saturated heterocycles. The van der Waals surface area contributed by atoms with Gasteiger partial charge in [0.05, 0.1) is 17.9 Å². The maximum absolute atomic E-state index is 13.5. The van der Waals surface area contributed by atoms with Crippen molar-refractivity contribution in [3.63, 3.8) is 0 Å². The van der Waals surface area contributed by atoms with E-state index in [-0.39, 0.29) is 30.0 Å². The molecule has 1 unspecified atom stereocenters. The molecular weight excluding hydrogens is 446 g/mol. The van der Waals surface area contributed by atoms with Crippen molar-refractivity contribution in [1.29, 1.82) is 0 Å².